The van der Waals surface area contributed by atoms with Crippen molar-refractivity contribution in [3.05, 3.63) is 71.3 Å². The van der Waals surface area contributed by atoms with Gasteiger partial charge in [-0.15, -0.1) is 0 Å². The number of amides is 5. The van der Waals surface area contributed by atoms with Gasteiger partial charge in [0.1, 0.15) is 12.1 Å². The van der Waals surface area contributed by atoms with E-state index in [2.05, 4.69) is 23.3 Å². The van der Waals surface area contributed by atoms with Crippen LogP contribution in [-0.4, -0.2) is 70.8 Å². The van der Waals surface area contributed by atoms with E-state index in [1.54, 1.807) is 36.2 Å². The lowest BCUT2D eigenvalue weighted by Gasteiger charge is -2.32. The lowest BCUT2D eigenvalue weighted by atomic mass is 10.00. The Labute approximate surface area is 240 Å². The number of hydrogen-bond donors (Lipinski definition) is 3. The van der Waals surface area contributed by atoms with Crippen LogP contribution in [0.2, 0.25) is 0 Å². The molecule has 0 aliphatic carbocycles. The molecule has 2 N–H and O–H groups in total. The number of hydrogen-bond acceptors (Lipinski definition) is 6. The number of carbonyl (C=O) groups is 5. The average molecular weight is 565 g/mol. The summed E-state index contributed by atoms with van der Waals surface area (Å²) in [5.41, 5.74) is 1.54. The van der Waals surface area contributed by atoms with Crippen molar-refractivity contribution in [2.75, 3.05) is 20.1 Å². The van der Waals surface area contributed by atoms with Gasteiger partial charge in [0.05, 0.1) is 16.4 Å². The molecule has 5 amide bonds. The summed E-state index contributed by atoms with van der Waals surface area (Å²) in [6.07, 6.45) is 2.71. The maximum Gasteiger partial charge on any atom is 0.261 e. The van der Waals surface area contributed by atoms with E-state index in [0.717, 1.165) is 0 Å². The number of nitrogens with one attached hydrogen (secondary N) is 2. The summed E-state index contributed by atoms with van der Waals surface area (Å²) in [4.78, 5) is 67.5. The zero-order chi connectivity index (χ0) is 28.8. The molecule has 2 aromatic carbocycles. The summed E-state index contributed by atoms with van der Waals surface area (Å²) in [5, 5.41) is 4.89. The van der Waals surface area contributed by atoms with Crippen LogP contribution in [-0.2, 0) is 14.4 Å². The Morgan fingerprint density at radius 2 is 1.57 bits per heavy atom. The molecule has 2 aliphatic rings. The summed E-state index contributed by atoms with van der Waals surface area (Å²) in [6, 6.07) is 14.4. The minimum atomic E-state index is -0.794. The normalized spacial score (nSPS) is 20.5. The SMILES string of the molecule is CNC(=O)C(c1ccccc1)N1CC[C@H](C)CC(NC(=O)C(S)CCCCN2C(=O)c3ccccc3C2=O)C1=O. The highest BCUT2D eigenvalue weighted by molar-refractivity contribution is 7.81. The lowest BCUT2D eigenvalue weighted by molar-refractivity contribution is -0.142. The molecule has 2 heterocycles. The molecule has 0 aromatic heterocycles. The molecule has 0 radical (unpaired) electrons. The van der Waals surface area contributed by atoms with Crippen molar-refractivity contribution in [2.24, 2.45) is 5.92 Å². The van der Waals surface area contributed by atoms with E-state index in [1.807, 2.05) is 37.3 Å². The van der Waals surface area contributed by atoms with Gasteiger partial charge in [-0.3, -0.25) is 28.9 Å². The van der Waals surface area contributed by atoms with Crippen molar-refractivity contribution in [3.63, 3.8) is 0 Å². The first-order valence-corrected chi connectivity index (χ1v) is 14.2. The number of rotatable bonds is 10. The first kappa shape index (κ1) is 29.3. The smallest absolute Gasteiger partial charge is 0.261 e. The van der Waals surface area contributed by atoms with Crippen LogP contribution in [0.4, 0.5) is 0 Å². The highest BCUT2D eigenvalue weighted by Crippen LogP contribution is 2.28. The second-order valence-electron chi connectivity index (χ2n) is 10.5. The molecule has 4 rings (SSSR count). The van der Waals surface area contributed by atoms with E-state index < -0.39 is 17.3 Å². The largest absolute Gasteiger partial charge is 0.357 e. The maximum atomic E-state index is 13.7. The molecule has 9 nitrogen and oxygen atoms in total. The van der Waals surface area contributed by atoms with Gasteiger partial charge in [0, 0.05) is 20.1 Å². The molecule has 0 spiro atoms. The predicted octanol–water partition coefficient (Wildman–Crippen LogP) is 2.98. The predicted molar refractivity (Wildman–Crippen MR) is 154 cm³/mol. The third-order valence-electron chi connectivity index (χ3n) is 7.61. The number of thiol groups is 1. The fraction of sp³-hybridized carbons (Fsp3) is 0.433. The van der Waals surface area contributed by atoms with E-state index in [0.29, 0.717) is 55.3 Å². The van der Waals surface area contributed by atoms with Crippen molar-refractivity contribution in [1.82, 2.24) is 20.4 Å². The van der Waals surface area contributed by atoms with Crippen LogP contribution in [0.5, 0.6) is 0 Å². The Kier molecular flexibility index (Phi) is 9.63. The van der Waals surface area contributed by atoms with Gasteiger partial charge in [-0.2, -0.15) is 12.6 Å². The number of nitrogens with zero attached hydrogens (tertiary/aromatic N) is 2. The van der Waals surface area contributed by atoms with Gasteiger partial charge in [0.25, 0.3) is 11.8 Å². The highest BCUT2D eigenvalue weighted by Gasteiger charge is 2.38. The number of benzene rings is 2. The highest BCUT2D eigenvalue weighted by atomic mass is 32.1. The Balaban J connectivity index is 1.34. The third kappa shape index (κ3) is 6.38. The van der Waals surface area contributed by atoms with E-state index in [9.17, 15) is 24.0 Å². The molecule has 40 heavy (non-hydrogen) atoms. The number of carbonyl (C=O) groups excluding carboxylic acids is 5. The van der Waals surface area contributed by atoms with Crippen LogP contribution in [0, 0.1) is 5.92 Å². The summed E-state index contributed by atoms with van der Waals surface area (Å²) in [6.45, 7) is 2.70. The van der Waals surface area contributed by atoms with Gasteiger partial charge in [-0.25, -0.2) is 0 Å². The molecule has 0 saturated carbocycles. The summed E-state index contributed by atoms with van der Waals surface area (Å²) in [5.74, 6) is -1.36. The Morgan fingerprint density at radius 3 is 2.20 bits per heavy atom. The molecule has 2 aliphatic heterocycles. The fourth-order valence-corrected chi connectivity index (χ4v) is 5.62. The van der Waals surface area contributed by atoms with Gasteiger partial charge in [-0.1, -0.05) is 55.8 Å². The van der Waals surface area contributed by atoms with Gasteiger partial charge in [-0.05, 0) is 49.3 Å². The molecule has 1 saturated heterocycles. The Bertz CT molecular complexity index is 1230. The van der Waals surface area contributed by atoms with Gasteiger partial charge >= 0.3 is 0 Å². The van der Waals surface area contributed by atoms with Crippen LogP contribution in [0.25, 0.3) is 0 Å². The van der Waals surface area contributed by atoms with Crippen LogP contribution >= 0.6 is 12.6 Å². The standard InChI is InChI=1S/C30H36N4O5S/c1-19-15-17-33(25(27(36)31-2)20-10-4-3-5-11-20)30(39)23(18-19)32-26(35)24(40)14-8-9-16-34-28(37)21-12-6-7-13-22(21)29(34)38/h3-7,10-13,19,23-25,40H,8-9,14-18H2,1-2H3,(H,31,36)(H,32,35)/t19-,23?,24?,25?/m0/s1. The summed E-state index contributed by atoms with van der Waals surface area (Å²) >= 11 is 4.48. The molecular formula is C30H36N4O5S. The van der Waals surface area contributed by atoms with E-state index in [4.69, 9.17) is 0 Å². The Hall–Kier alpha value is -3.66. The van der Waals surface area contributed by atoms with Crippen molar-refractivity contribution in [1.29, 1.82) is 0 Å². The van der Waals surface area contributed by atoms with Crippen molar-refractivity contribution in [3.8, 4) is 0 Å². The van der Waals surface area contributed by atoms with Gasteiger partial charge in [0.15, 0.2) is 0 Å². The molecule has 0 bridgehead atoms. The van der Waals surface area contributed by atoms with E-state index in [1.165, 1.54) is 4.90 Å². The van der Waals surface area contributed by atoms with E-state index in [-0.39, 0.29) is 42.0 Å². The van der Waals surface area contributed by atoms with Crippen molar-refractivity contribution < 1.29 is 24.0 Å². The number of likely N-dealkylation sites (N-methyl/N-ethyl adjacent to an activating group) is 1. The molecule has 3 unspecified atom stereocenters. The molecule has 10 heteroatoms. The first-order chi connectivity index (χ1) is 19.2. The molecule has 1 fully saturated rings. The number of unbranched alkanes of at least 4 members (excludes halogenated alkanes) is 1. The first-order valence-electron chi connectivity index (χ1n) is 13.7. The topological polar surface area (TPSA) is 116 Å². The third-order valence-corrected chi connectivity index (χ3v) is 8.10. The average Bonchev–Trinajstić information content (AvgIpc) is 3.12. The minimum absolute atomic E-state index is 0.165. The van der Waals surface area contributed by atoms with Gasteiger partial charge in [0.2, 0.25) is 17.7 Å². The van der Waals surface area contributed by atoms with Crippen LogP contribution in [0.15, 0.2) is 54.6 Å². The lowest BCUT2D eigenvalue weighted by Crippen LogP contribution is -2.52. The zero-order valence-electron chi connectivity index (χ0n) is 22.8. The minimum Gasteiger partial charge on any atom is -0.357 e. The summed E-state index contributed by atoms with van der Waals surface area (Å²) < 4.78 is 0. The zero-order valence-corrected chi connectivity index (χ0v) is 23.7. The quantitative estimate of drug-likeness (QED) is 0.233. The maximum absolute atomic E-state index is 13.7. The van der Waals surface area contributed by atoms with Gasteiger partial charge < -0.3 is 15.5 Å². The number of fused-ring (bicyclic) bond motifs is 1. The Morgan fingerprint density at radius 1 is 0.950 bits per heavy atom. The second-order valence-corrected chi connectivity index (χ2v) is 11.1. The molecule has 4 atom stereocenters. The molecular weight excluding hydrogens is 528 g/mol. The van der Waals surface area contributed by atoms with Crippen LogP contribution in [0.1, 0.15) is 71.3 Å². The second kappa shape index (κ2) is 13.1. The van der Waals surface area contributed by atoms with Crippen molar-refractivity contribution in [2.45, 2.75) is 56.4 Å². The fourth-order valence-electron chi connectivity index (χ4n) is 5.36. The monoisotopic (exact) mass is 564 g/mol. The van der Waals surface area contributed by atoms with E-state index >= 15 is 0 Å². The van der Waals surface area contributed by atoms with Crippen molar-refractivity contribution >= 4 is 42.2 Å². The number of imide groups is 1. The van der Waals surface area contributed by atoms with Crippen LogP contribution in [0.3, 0.4) is 0 Å². The molecule has 212 valence electrons. The van der Waals surface area contributed by atoms with Crippen LogP contribution < -0.4 is 10.6 Å². The summed E-state index contributed by atoms with van der Waals surface area (Å²) in [7, 11) is 1.54. The molecule has 2 aromatic rings. The number of likely N-dealkylation sites (tertiary alicyclic amines) is 1.